The summed E-state index contributed by atoms with van der Waals surface area (Å²) in [6.45, 7) is 3.03. The van der Waals surface area contributed by atoms with Crippen molar-refractivity contribution in [3.05, 3.63) is 34.8 Å². The Labute approximate surface area is 131 Å². The third-order valence-corrected chi connectivity index (χ3v) is 3.58. The van der Waals surface area contributed by atoms with Gasteiger partial charge >= 0.3 is 0 Å². The van der Waals surface area contributed by atoms with E-state index in [4.69, 9.17) is 0 Å². The molecular weight excluding hydrogens is 336 g/mol. The Bertz CT molecular complexity index is 577. The fraction of sp³-hybridized carbons (Fsp3) is 0.286. The zero-order valence-corrected chi connectivity index (χ0v) is 13.9. The number of halogens is 1. The number of anilines is 3. The Morgan fingerprint density at radius 2 is 2.00 bits per heavy atom. The topological polar surface area (TPSA) is 49.8 Å². The zero-order valence-electron chi connectivity index (χ0n) is 11.5. The Morgan fingerprint density at radius 1 is 1.20 bits per heavy atom. The molecule has 2 N–H and O–H groups in total. The average molecular weight is 353 g/mol. The number of rotatable bonds is 6. The maximum absolute atomic E-state index is 4.47. The smallest absolute Gasteiger partial charge is 0.191 e. The molecule has 0 amide bonds. The van der Waals surface area contributed by atoms with E-state index >= 15 is 0 Å². The van der Waals surface area contributed by atoms with Crippen molar-refractivity contribution in [3.8, 4) is 0 Å². The number of hydrogen-bond acceptors (Lipinski definition) is 5. The largest absolute Gasteiger partial charge is 0.370 e. The van der Waals surface area contributed by atoms with E-state index < -0.39 is 0 Å². The number of nitrogens with one attached hydrogen (secondary N) is 2. The van der Waals surface area contributed by atoms with Crippen LogP contribution in [-0.2, 0) is 0 Å². The zero-order chi connectivity index (χ0) is 14.4. The first-order valence-electron chi connectivity index (χ1n) is 6.41. The molecule has 4 nitrogen and oxygen atoms in total. The maximum atomic E-state index is 4.47. The van der Waals surface area contributed by atoms with Crippen molar-refractivity contribution in [2.24, 2.45) is 0 Å². The van der Waals surface area contributed by atoms with Crippen molar-refractivity contribution in [1.29, 1.82) is 0 Å². The predicted octanol–water partition coefficient (Wildman–Crippen LogP) is 4.53. The molecule has 20 heavy (non-hydrogen) atoms. The molecule has 0 radical (unpaired) electrons. The lowest BCUT2D eigenvalue weighted by atomic mass is 10.3. The Balaban J connectivity index is 2.21. The molecule has 1 heterocycles. The first kappa shape index (κ1) is 15.1. The standard InChI is InChI=1S/C14H17BrN4S/c1-3-7-16-12-9-13(19-14(18-12)20-2)17-11-6-4-5-10(15)8-11/h4-6,8-9H,3,7H2,1-2H3,(H2,16,17,18,19). The summed E-state index contributed by atoms with van der Waals surface area (Å²) in [4.78, 5) is 8.91. The van der Waals surface area contributed by atoms with Crippen molar-refractivity contribution in [1.82, 2.24) is 9.97 Å². The van der Waals surface area contributed by atoms with E-state index in [1.54, 1.807) is 0 Å². The highest BCUT2D eigenvalue weighted by molar-refractivity contribution is 9.10. The molecule has 0 aliphatic heterocycles. The fourth-order valence-electron chi connectivity index (χ4n) is 1.64. The van der Waals surface area contributed by atoms with Crippen molar-refractivity contribution in [3.63, 3.8) is 0 Å². The molecule has 0 unspecified atom stereocenters. The molecule has 0 atom stereocenters. The summed E-state index contributed by atoms with van der Waals surface area (Å²) < 4.78 is 1.03. The van der Waals surface area contributed by atoms with E-state index in [1.807, 2.05) is 36.6 Å². The summed E-state index contributed by atoms with van der Waals surface area (Å²) >= 11 is 5.00. The molecule has 2 rings (SSSR count). The average Bonchev–Trinajstić information content (AvgIpc) is 2.45. The van der Waals surface area contributed by atoms with Gasteiger partial charge < -0.3 is 10.6 Å². The van der Waals surface area contributed by atoms with Gasteiger partial charge in [0.2, 0.25) is 0 Å². The van der Waals surface area contributed by atoms with E-state index in [0.717, 1.165) is 39.9 Å². The van der Waals surface area contributed by atoms with Crippen LogP contribution in [0.3, 0.4) is 0 Å². The van der Waals surface area contributed by atoms with Crippen LogP contribution in [0.1, 0.15) is 13.3 Å². The van der Waals surface area contributed by atoms with Gasteiger partial charge in [0.05, 0.1) is 0 Å². The van der Waals surface area contributed by atoms with Crippen LogP contribution in [0.5, 0.6) is 0 Å². The molecule has 1 aromatic heterocycles. The Morgan fingerprint density at radius 3 is 2.70 bits per heavy atom. The first-order chi connectivity index (χ1) is 9.71. The summed E-state index contributed by atoms with van der Waals surface area (Å²) in [5.41, 5.74) is 0.992. The van der Waals surface area contributed by atoms with Gasteiger partial charge in [-0.3, -0.25) is 0 Å². The van der Waals surface area contributed by atoms with Gasteiger partial charge in [0.1, 0.15) is 11.6 Å². The quantitative estimate of drug-likeness (QED) is 0.590. The lowest BCUT2D eigenvalue weighted by molar-refractivity contribution is 0.929. The van der Waals surface area contributed by atoms with Gasteiger partial charge in [-0.15, -0.1) is 0 Å². The van der Waals surface area contributed by atoms with Gasteiger partial charge in [-0.1, -0.05) is 40.7 Å². The van der Waals surface area contributed by atoms with Crippen LogP contribution in [0.4, 0.5) is 17.3 Å². The SMILES string of the molecule is CCCNc1cc(Nc2cccc(Br)c2)nc(SC)n1. The maximum Gasteiger partial charge on any atom is 0.191 e. The molecule has 6 heteroatoms. The minimum Gasteiger partial charge on any atom is -0.370 e. The van der Waals surface area contributed by atoms with E-state index in [0.29, 0.717) is 0 Å². The molecule has 0 spiro atoms. The molecule has 1 aromatic carbocycles. The van der Waals surface area contributed by atoms with Crippen LogP contribution in [0.15, 0.2) is 40.0 Å². The fourth-order valence-corrected chi connectivity index (χ4v) is 2.42. The highest BCUT2D eigenvalue weighted by Gasteiger charge is 2.04. The summed E-state index contributed by atoms with van der Waals surface area (Å²) in [5, 5.41) is 7.35. The second-order valence-corrected chi connectivity index (χ2v) is 5.88. The molecule has 106 valence electrons. The molecule has 0 aliphatic carbocycles. The minimum absolute atomic E-state index is 0.753. The van der Waals surface area contributed by atoms with E-state index in [-0.39, 0.29) is 0 Å². The molecule has 0 saturated carbocycles. The van der Waals surface area contributed by atoms with Crippen molar-refractivity contribution in [2.45, 2.75) is 18.5 Å². The molecule has 0 fully saturated rings. The molecular formula is C14H17BrN4S. The molecule has 0 aliphatic rings. The Kier molecular flexibility index (Phi) is 5.67. The second-order valence-electron chi connectivity index (χ2n) is 4.19. The van der Waals surface area contributed by atoms with Crippen molar-refractivity contribution >= 4 is 45.0 Å². The van der Waals surface area contributed by atoms with Gasteiger partial charge in [-0.05, 0) is 30.9 Å². The highest BCUT2D eigenvalue weighted by Crippen LogP contribution is 2.22. The van der Waals surface area contributed by atoms with Gasteiger partial charge in [-0.2, -0.15) is 0 Å². The van der Waals surface area contributed by atoms with Crippen LogP contribution in [0.2, 0.25) is 0 Å². The second kappa shape index (κ2) is 7.50. The molecule has 2 aromatic rings. The van der Waals surface area contributed by atoms with Gasteiger partial charge in [0.25, 0.3) is 0 Å². The van der Waals surface area contributed by atoms with Gasteiger partial charge in [-0.25, -0.2) is 9.97 Å². The van der Waals surface area contributed by atoms with E-state index in [9.17, 15) is 0 Å². The van der Waals surface area contributed by atoms with Crippen molar-refractivity contribution < 1.29 is 0 Å². The number of nitrogens with zero attached hydrogens (tertiary/aromatic N) is 2. The first-order valence-corrected chi connectivity index (χ1v) is 8.42. The van der Waals surface area contributed by atoms with Crippen LogP contribution in [0, 0.1) is 0 Å². The third kappa shape index (κ3) is 4.38. The lowest BCUT2D eigenvalue weighted by Crippen LogP contribution is -2.05. The lowest BCUT2D eigenvalue weighted by Gasteiger charge is -2.10. The molecule has 0 bridgehead atoms. The number of thioether (sulfide) groups is 1. The van der Waals surface area contributed by atoms with Gasteiger partial charge in [0.15, 0.2) is 5.16 Å². The van der Waals surface area contributed by atoms with Crippen molar-refractivity contribution in [2.75, 3.05) is 23.4 Å². The number of hydrogen-bond donors (Lipinski definition) is 2. The van der Waals surface area contributed by atoms with Crippen LogP contribution >= 0.6 is 27.7 Å². The van der Waals surface area contributed by atoms with Crippen LogP contribution in [0.25, 0.3) is 0 Å². The summed E-state index contributed by atoms with van der Waals surface area (Å²) in [5.74, 6) is 1.64. The summed E-state index contributed by atoms with van der Waals surface area (Å²) in [6, 6.07) is 9.92. The van der Waals surface area contributed by atoms with Crippen LogP contribution in [-0.4, -0.2) is 22.8 Å². The number of benzene rings is 1. The Hall–Kier alpha value is -1.27. The van der Waals surface area contributed by atoms with Gasteiger partial charge in [0, 0.05) is 22.8 Å². The summed E-state index contributed by atoms with van der Waals surface area (Å²) in [7, 11) is 0. The normalized spacial score (nSPS) is 10.3. The number of aromatic nitrogens is 2. The minimum atomic E-state index is 0.753. The van der Waals surface area contributed by atoms with Crippen LogP contribution < -0.4 is 10.6 Å². The third-order valence-electron chi connectivity index (χ3n) is 2.54. The van der Waals surface area contributed by atoms with E-state index in [1.165, 1.54) is 11.8 Å². The monoisotopic (exact) mass is 352 g/mol. The predicted molar refractivity (Wildman–Crippen MR) is 90.0 cm³/mol. The summed E-state index contributed by atoms with van der Waals surface area (Å²) in [6.07, 6.45) is 3.04. The highest BCUT2D eigenvalue weighted by atomic mass is 79.9. The molecule has 0 saturated heterocycles. The van der Waals surface area contributed by atoms with E-state index in [2.05, 4.69) is 43.5 Å².